The molecule has 4 saturated carbocycles. The van der Waals surface area contributed by atoms with Gasteiger partial charge in [0.05, 0.1) is 11.2 Å². The first-order chi connectivity index (χ1) is 7.36. The van der Waals surface area contributed by atoms with E-state index < -0.39 is 0 Å². The van der Waals surface area contributed by atoms with Gasteiger partial charge in [-0.05, 0) is 32.1 Å². The van der Waals surface area contributed by atoms with Crippen LogP contribution in [0.25, 0.3) is 0 Å². The van der Waals surface area contributed by atoms with Crippen molar-refractivity contribution in [2.24, 2.45) is 0 Å². The van der Waals surface area contributed by atoms with E-state index in [2.05, 4.69) is 31.9 Å². The maximum absolute atomic E-state index is 5.87. The lowest BCUT2D eigenvalue weighted by Crippen LogP contribution is -2.69. The third-order valence-electron chi connectivity index (χ3n) is 4.70. The Balaban J connectivity index is 2.06. The Labute approximate surface area is 114 Å². The number of halogens is 2. The zero-order valence-corrected chi connectivity index (χ0v) is 13.0. The molecular weight excluding hydrogens is 336 g/mol. The second-order valence-electron chi connectivity index (χ2n) is 6.14. The molecule has 0 aliphatic heterocycles. The van der Waals surface area contributed by atoms with Crippen molar-refractivity contribution < 1.29 is 9.47 Å². The highest BCUT2D eigenvalue weighted by Gasteiger charge is 2.68. The van der Waals surface area contributed by atoms with Gasteiger partial charge in [0.15, 0.2) is 0 Å². The largest absolute Gasteiger partial charge is 0.378 e. The first-order valence-electron chi connectivity index (χ1n) is 5.85. The van der Waals surface area contributed by atoms with Crippen molar-refractivity contribution >= 4 is 31.9 Å². The van der Waals surface area contributed by atoms with Crippen LogP contribution in [-0.4, -0.2) is 34.1 Å². The van der Waals surface area contributed by atoms with E-state index in [0.29, 0.717) is 0 Å². The van der Waals surface area contributed by atoms with Crippen LogP contribution in [0, 0.1) is 0 Å². The summed E-state index contributed by atoms with van der Waals surface area (Å²) in [5.41, 5.74) is 0.0233. The monoisotopic (exact) mass is 352 g/mol. The van der Waals surface area contributed by atoms with Gasteiger partial charge in [-0.2, -0.15) is 0 Å². The van der Waals surface area contributed by atoms with Gasteiger partial charge in [0.1, 0.15) is 0 Å². The molecule has 4 bridgehead atoms. The number of alkyl halides is 2. The van der Waals surface area contributed by atoms with Crippen LogP contribution in [0.2, 0.25) is 0 Å². The standard InChI is InChI=1S/C12H18Br2O2/c1-15-11-4-9(13)3-10(14,5-11)7-12(6-9,8-11)16-2/h3-8H2,1-2H3. The van der Waals surface area contributed by atoms with Crippen molar-refractivity contribution in [3.63, 3.8) is 0 Å². The predicted molar refractivity (Wildman–Crippen MR) is 70.5 cm³/mol. The molecule has 0 unspecified atom stereocenters. The molecule has 4 rings (SSSR count). The van der Waals surface area contributed by atoms with Gasteiger partial charge in [-0.25, -0.2) is 0 Å². The SMILES string of the molecule is COC12CC3(Br)CC(Br)(C1)CC(OC)(C3)C2. The van der Waals surface area contributed by atoms with Gasteiger partial charge >= 0.3 is 0 Å². The van der Waals surface area contributed by atoms with Crippen molar-refractivity contribution in [1.82, 2.24) is 0 Å². The molecule has 4 heteroatoms. The summed E-state index contributed by atoms with van der Waals surface area (Å²) in [4.78, 5) is 0. The summed E-state index contributed by atoms with van der Waals surface area (Å²) >= 11 is 7.91. The zero-order chi connectivity index (χ0) is 11.7. The summed E-state index contributed by atoms with van der Waals surface area (Å²) in [6, 6.07) is 0. The normalized spacial score (nSPS) is 59.2. The average molecular weight is 354 g/mol. The van der Waals surface area contributed by atoms with E-state index in [-0.39, 0.29) is 19.9 Å². The van der Waals surface area contributed by atoms with Crippen LogP contribution in [0.3, 0.4) is 0 Å². The van der Waals surface area contributed by atoms with Gasteiger partial charge in [0.2, 0.25) is 0 Å². The molecule has 2 nitrogen and oxygen atoms in total. The molecule has 0 heterocycles. The fraction of sp³-hybridized carbons (Fsp3) is 1.00. The van der Waals surface area contributed by atoms with Crippen molar-refractivity contribution in [3.8, 4) is 0 Å². The molecule has 4 fully saturated rings. The second-order valence-corrected chi connectivity index (χ2v) is 9.50. The third-order valence-corrected chi connectivity index (χ3v) is 6.38. The summed E-state index contributed by atoms with van der Waals surface area (Å²) in [5, 5.41) is 0. The Morgan fingerprint density at radius 3 is 1.38 bits per heavy atom. The van der Waals surface area contributed by atoms with Gasteiger partial charge in [-0.3, -0.25) is 0 Å². The minimum absolute atomic E-state index is 0.0117. The average Bonchev–Trinajstić information content (AvgIpc) is 2.12. The Kier molecular flexibility index (Phi) is 2.43. The lowest BCUT2D eigenvalue weighted by molar-refractivity contribution is -0.202. The number of hydrogen-bond acceptors (Lipinski definition) is 2. The zero-order valence-electron chi connectivity index (χ0n) is 9.82. The van der Waals surface area contributed by atoms with Crippen LogP contribution in [0.4, 0.5) is 0 Å². The Bertz CT molecular complexity index is 287. The first-order valence-corrected chi connectivity index (χ1v) is 7.43. The number of methoxy groups -OCH3 is 2. The van der Waals surface area contributed by atoms with Gasteiger partial charge < -0.3 is 9.47 Å². The number of rotatable bonds is 2. The van der Waals surface area contributed by atoms with Gasteiger partial charge in [0.25, 0.3) is 0 Å². The molecule has 0 radical (unpaired) electrons. The molecule has 16 heavy (non-hydrogen) atoms. The fourth-order valence-corrected chi connectivity index (χ4v) is 8.14. The highest BCUT2D eigenvalue weighted by Crippen LogP contribution is 2.67. The van der Waals surface area contributed by atoms with Gasteiger partial charge in [-0.1, -0.05) is 31.9 Å². The van der Waals surface area contributed by atoms with Crippen molar-refractivity contribution in [2.45, 2.75) is 58.4 Å². The quantitative estimate of drug-likeness (QED) is 0.708. The minimum Gasteiger partial charge on any atom is -0.378 e. The highest BCUT2D eigenvalue weighted by atomic mass is 79.9. The Hall–Kier alpha value is 0.880. The summed E-state index contributed by atoms with van der Waals surface area (Å²) in [6.07, 6.45) is 6.72. The van der Waals surface area contributed by atoms with Crippen molar-refractivity contribution in [3.05, 3.63) is 0 Å². The molecule has 0 spiro atoms. The Morgan fingerprint density at radius 1 is 0.688 bits per heavy atom. The summed E-state index contributed by atoms with van der Waals surface area (Å²) in [6.45, 7) is 0. The second kappa shape index (κ2) is 3.25. The molecule has 4 aliphatic carbocycles. The lowest BCUT2D eigenvalue weighted by atomic mass is 9.52. The van der Waals surface area contributed by atoms with E-state index in [1.54, 1.807) is 0 Å². The molecule has 92 valence electrons. The fourth-order valence-electron chi connectivity index (χ4n) is 4.65. The van der Waals surface area contributed by atoms with E-state index in [0.717, 1.165) is 32.1 Å². The lowest BCUT2D eigenvalue weighted by Gasteiger charge is -2.66. The molecule has 0 aromatic heterocycles. The maximum Gasteiger partial charge on any atom is 0.0733 e. The predicted octanol–water partition coefficient (Wildman–Crippen LogP) is 3.41. The van der Waals surface area contributed by atoms with Crippen LogP contribution in [-0.2, 0) is 9.47 Å². The van der Waals surface area contributed by atoms with Crippen molar-refractivity contribution in [1.29, 1.82) is 0 Å². The smallest absolute Gasteiger partial charge is 0.0733 e. The van der Waals surface area contributed by atoms with Crippen LogP contribution < -0.4 is 0 Å². The number of ether oxygens (including phenoxy) is 2. The van der Waals surface area contributed by atoms with E-state index in [4.69, 9.17) is 9.47 Å². The Morgan fingerprint density at radius 2 is 1.06 bits per heavy atom. The van der Waals surface area contributed by atoms with E-state index in [9.17, 15) is 0 Å². The summed E-state index contributed by atoms with van der Waals surface area (Å²) in [7, 11) is 3.70. The van der Waals surface area contributed by atoms with E-state index in [1.165, 1.54) is 6.42 Å². The van der Waals surface area contributed by atoms with E-state index in [1.807, 2.05) is 14.2 Å². The number of hydrogen-bond donors (Lipinski definition) is 0. The molecule has 0 aromatic carbocycles. The topological polar surface area (TPSA) is 18.5 Å². The molecule has 0 saturated heterocycles. The molecule has 0 N–H and O–H groups in total. The van der Waals surface area contributed by atoms with Crippen LogP contribution in [0.5, 0.6) is 0 Å². The van der Waals surface area contributed by atoms with Gasteiger partial charge in [-0.15, -0.1) is 0 Å². The highest BCUT2D eigenvalue weighted by molar-refractivity contribution is 9.10. The van der Waals surface area contributed by atoms with Crippen LogP contribution >= 0.6 is 31.9 Å². The van der Waals surface area contributed by atoms with Gasteiger partial charge in [0, 0.05) is 29.3 Å². The third kappa shape index (κ3) is 1.56. The molecular formula is C12H18Br2O2. The summed E-state index contributed by atoms with van der Waals surface area (Å²) in [5.74, 6) is 0. The molecule has 0 atom stereocenters. The van der Waals surface area contributed by atoms with Crippen LogP contribution in [0.15, 0.2) is 0 Å². The van der Waals surface area contributed by atoms with Crippen LogP contribution in [0.1, 0.15) is 38.5 Å². The summed E-state index contributed by atoms with van der Waals surface area (Å²) < 4.78 is 12.1. The minimum atomic E-state index is 0.0117. The van der Waals surface area contributed by atoms with E-state index >= 15 is 0 Å². The van der Waals surface area contributed by atoms with Crippen molar-refractivity contribution in [2.75, 3.05) is 14.2 Å². The first kappa shape index (κ1) is 11.9. The molecule has 0 aromatic rings. The molecule has 4 aliphatic rings. The maximum atomic E-state index is 5.87. The molecule has 0 amide bonds.